The van der Waals surface area contributed by atoms with Gasteiger partial charge in [0.2, 0.25) is 0 Å². The van der Waals surface area contributed by atoms with Crippen molar-refractivity contribution in [2.75, 3.05) is 37.8 Å². The second-order valence-electron chi connectivity index (χ2n) is 6.05. The summed E-state index contributed by atoms with van der Waals surface area (Å²) in [5.41, 5.74) is -0.111. The topological polar surface area (TPSA) is 83.8 Å². The van der Waals surface area contributed by atoms with E-state index < -0.39 is 14.8 Å². The molecule has 0 bridgehead atoms. The van der Waals surface area contributed by atoms with Crippen molar-refractivity contribution >= 4 is 31.9 Å². The molecule has 1 aliphatic heterocycles. The van der Waals surface area contributed by atoms with E-state index in [1.54, 1.807) is 0 Å². The summed E-state index contributed by atoms with van der Waals surface area (Å²) in [6.45, 7) is 6.42. The molecular weight excluding hydrogens is 326 g/mol. The molecule has 1 saturated heterocycles. The molecule has 1 unspecified atom stereocenters. The molecule has 1 aromatic rings. The quantitative estimate of drug-likeness (QED) is 0.610. The molecule has 0 amide bonds. The first-order chi connectivity index (χ1) is 10.1. The molecular formula is C13H21N3O4S2. The number of hydrogen-bond acceptors (Lipinski definition) is 7. The smallest absolute Gasteiger partial charge is 0.305 e. The Balaban J connectivity index is 2.50. The molecule has 22 heavy (non-hydrogen) atoms. The van der Waals surface area contributed by atoms with Gasteiger partial charge in [-0.05, 0) is 13.0 Å². The van der Waals surface area contributed by atoms with Crippen molar-refractivity contribution in [1.82, 2.24) is 4.90 Å². The summed E-state index contributed by atoms with van der Waals surface area (Å²) in [5, 5.41) is 11.8. The van der Waals surface area contributed by atoms with E-state index in [2.05, 4.69) is 18.7 Å². The molecule has 1 aromatic heterocycles. The molecule has 0 radical (unpaired) electrons. The van der Waals surface area contributed by atoms with Crippen molar-refractivity contribution < 1.29 is 13.3 Å². The second kappa shape index (κ2) is 6.13. The van der Waals surface area contributed by atoms with Gasteiger partial charge in [0.05, 0.1) is 4.92 Å². The summed E-state index contributed by atoms with van der Waals surface area (Å²) in [6, 6.07) is 1.31. The average molecular weight is 347 g/mol. The number of thiophene rings is 1. The molecule has 2 rings (SSSR count). The van der Waals surface area contributed by atoms with E-state index >= 15 is 0 Å². The monoisotopic (exact) mass is 347 g/mol. The maximum Gasteiger partial charge on any atom is 0.305 e. The average Bonchev–Trinajstić information content (AvgIpc) is 2.83. The lowest BCUT2D eigenvalue weighted by Gasteiger charge is -2.42. The zero-order valence-corrected chi connectivity index (χ0v) is 14.8. The van der Waals surface area contributed by atoms with Gasteiger partial charge in [0.1, 0.15) is 4.21 Å². The van der Waals surface area contributed by atoms with Crippen LogP contribution in [-0.4, -0.2) is 57.2 Å². The number of hydrogen-bond donors (Lipinski definition) is 0. The summed E-state index contributed by atoms with van der Waals surface area (Å²) in [7, 11) is -1.42. The van der Waals surface area contributed by atoms with Crippen molar-refractivity contribution in [3.63, 3.8) is 0 Å². The predicted molar refractivity (Wildman–Crippen MR) is 87.6 cm³/mol. The summed E-state index contributed by atoms with van der Waals surface area (Å²) < 4.78 is 23.5. The fraction of sp³-hybridized carbons (Fsp3) is 0.692. The maximum absolute atomic E-state index is 11.7. The molecule has 124 valence electrons. The highest BCUT2D eigenvalue weighted by molar-refractivity contribution is 7.92. The van der Waals surface area contributed by atoms with Crippen LogP contribution in [0.2, 0.25) is 0 Å². The lowest BCUT2D eigenvalue weighted by molar-refractivity contribution is -0.383. The molecule has 0 saturated carbocycles. The van der Waals surface area contributed by atoms with Gasteiger partial charge in [0.15, 0.2) is 14.8 Å². The number of likely N-dealkylation sites (N-methyl/N-ethyl adjacent to an activating group) is 1. The lowest BCUT2D eigenvalue weighted by atomic mass is 10.00. The van der Waals surface area contributed by atoms with Crippen LogP contribution in [0.4, 0.5) is 10.7 Å². The van der Waals surface area contributed by atoms with Crippen molar-refractivity contribution in [3.05, 3.63) is 16.2 Å². The Bertz CT molecular complexity index is 669. The van der Waals surface area contributed by atoms with Crippen molar-refractivity contribution in [2.45, 2.75) is 24.1 Å². The van der Waals surface area contributed by atoms with Crippen LogP contribution in [0.3, 0.4) is 0 Å². The molecule has 0 aliphatic carbocycles. The number of sulfone groups is 1. The van der Waals surface area contributed by atoms with Crippen LogP contribution in [0.25, 0.3) is 0 Å². The second-order valence-corrected chi connectivity index (χ2v) is 9.33. The van der Waals surface area contributed by atoms with E-state index in [0.717, 1.165) is 30.7 Å². The van der Waals surface area contributed by atoms with E-state index in [1.807, 2.05) is 11.9 Å². The molecule has 0 spiro atoms. The normalized spacial score (nSPS) is 20.6. The number of nitro groups is 1. The zero-order chi connectivity index (χ0) is 16.7. The number of rotatable bonds is 4. The predicted octanol–water partition coefficient (Wildman–Crippen LogP) is 1.84. The third-order valence-electron chi connectivity index (χ3n) is 3.89. The molecule has 1 aliphatic rings. The Morgan fingerprint density at radius 1 is 1.41 bits per heavy atom. The number of anilines is 1. The summed E-state index contributed by atoms with van der Waals surface area (Å²) in [5.74, 6) is 0.311. The van der Waals surface area contributed by atoms with Crippen LogP contribution in [0.15, 0.2) is 10.3 Å². The van der Waals surface area contributed by atoms with Crippen molar-refractivity contribution in [1.29, 1.82) is 0 Å². The van der Waals surface area contributed by atoms with Gasteiger partial charge in [-0.25, -0.2) is 8.42 Å². The minimum atomic E-state index is -3.45. The maximum atomic E-state index is 11.7. The Morgan fingerprint density at radius 3 is 2.55 bits per heavy atom. The Labute approximate surface area is 134 Å². The molecule has 1 fully saturated rings. The van der Waals surface area contributed by atoms with Crippen LogP contribution >= 0.6 is 11.3 Å². The van der Waals surface area contributed by atoms with Crippen LogP contribution in [0.5, 0.6) is 0 Å². The van der Waals surface area contributed by atoms with Crippen molar-refractivity contribution in [2.24, 2.45) is 5.92 Å². The first kappa shape index (κ1) is 17.2. The highest BCUT2D eigenvalue weighted by Gasteiger charge is 2.34. The Kier molecular flexibility index (Phi) is 4.78. The fourth-order valence-electron chi connectivity index (χ4n) is 2.65. The van der Waals surface area contributed by atoms with Gasteiger partial charge in [0.25, 0.3) is 0 Å². The van der Waals surface area contributed by atoms with Crippen LogP contribution in [0.1, 0.15) is 13.8 Å². The van der Waals surface area contributed by atoms with Gasteiger partial charge in [0, 0.05) is 38.0 Å². The van der Waals surface area contributed by atoms with Gasteiger partial charge in [-0.3, -0.25) is 10.1 Å². The third kappa shape index (κ3) is 3.41. The van der Waals surface area contributed by atoms with Crippen LogP contribution in [-0.2, 0) is 9.84 Å². The summed E-state index contributed by atoms with van der Waals surface area (Å²) in [6.07, 6.45) is 1.08. The first-order valence-corrected chi connectivity index (χ1v) is 9.75. The van der Waals surface area contributed by atoms with Crippen LogP contribution in [0, 0.1) is 16.0 Å². The van der Waals surface area contributed by atoms with Gasteiger partial charge < -0.3 is 9.80 Å². The Hall–Kier alpha value is -1.19. The van der Waals surface area contributed by atoms with E-state index in [9.17, 15) is 18.5 Å². The summed E-state index contributed by atoms with van der Waals surface area (Å²) >= 11 is 1.00. The van der Waals surface area contributed by atoms with Gasteiger partial charge in [-0.1, -0.05) is 25.2 Å². The standard InChI is InChI=1S/C13H21N3O4S2/c1-9(2)11-8-14(3)5-6-15(11)13-10(16(17)18)7-12(21-13)22(4,19)20/h7,9,11H,5-6,8H2,1-4H3. The van der Waals surface area contributed by atoms with Gasteiger partial charge >= 0.3 is 5.69 Å². The molecule has 0 N–H and O–H groups in total. The zero-order valence-electron chi connectivity index (χ0n) is 13.1. The van der Waals surface area contributed by atoms with Gasteiger partial charge in [-0.15, -0.1) is 0 Å². The number of piperazine rings is 1. The third-order valence-corrected chi connectivity index (χ3v) is 6.85. The SMILES string of the molecule is CC(C)C1CN(C)CCN1c1sc(S(C)(=O)=O)cc1[N+](=O)[O-]. The Morgan fingerprint density at radius 2 is 2.05 bits per heavy atom. The number of nitrogens with zero attached hydrogens (tertiary/aromatic N) is 3. The van der Waals surface area contributed by atoms with E-state index in [1.165, 1.54) is 6.07 Å². The first-order valence-electron chi connectivity index (χ1n) is 7.04. The van der Waals surface area contributed by atoms with Crippen LogP contribution < -0.4 is 4.90 Å². The highest BCUT2D eigenvalue weighted by Crippen LogP contribution is 2.42. The van der Waals surface area contributed by atoms with Gasteiger partial charge in [-0.2, -0.15) is 0 Å². The minimum Gasteiger partial charge on any atom is -0.352 e. The fourth-order valence-corrected chi connectivity index (χ4v) is 4.76. The summed E-state index contributed by atoms with van der Waals surface area (Å²) in [4.78, 5) is 15.0. The largest absolute Gasteiger partial charge is 0.352 e. The van der Waals surface area contributed by atoms with Crippen molar-refractivity contribution in [3.8, 4) is 0 Å². The molecule has 9 heteroatoms. The van der Waals surface area contributed by atoms with E-state index in [4.69, 9.17) is 0 Å². The molecule has 2 heterocycles. The lowest BCUT2D eigenvalue weighted by Crippen LogP contribution is -2.54. The molecule has 7 nitrogen and oxygen atoms in total. The highest BCUT2D eigenvalue weighted by atomic mass is 32.2. The molecule has 1 atom stereocenters. The van der Waals surface area contributed by atoms with E-state index in [0.29, 0.717) is 17.5 Å². The minimum absolute atomic E-state index is 0.0515. The molecule has 0 aromatic carbocycles. The van der Waals surface area contributed by atoms with E-state index in [-0.39, 0.29) is 15.9 Å².